The van der Waals surface area contributed by atoms with Crippen LogP contribution in [0.15, 0.2) is 60.7 Å². The minimum Gasteiger partial charge on any atom is -0.489 e. The Kier molecular flexibility index (Phi) is 6.24. The number of carbonyl (C=O) groups is 1. The van der Waals surface area contributed by atoms with Gasteiger partial charge in [-0.05, 0) is 36.1 Å². The van der Waals surface area contributed by atoms with Gasteiger partial charge in [-0.15, -0.1) is 0 Å². The Morgan fingerprint density at radius 3 is 2.68 bits per heavy atom. The van der Waals surface area contributed by atoms with Crippen molar-refractivity contribution >= 4 is 12.0 Å². The summed E-state index contributed by atoms with van der Waals surface area (Å²) in [7, 11) is 0. The smallest absolute Gasteiger partial charge is 0.303 e. The molecule has 0 spiro atoms. The van der Waals surface area contributed by atoms with E-state index in [4.69, 9.17) is 9.84 Å². The summed E-state index contributed by atoms with van der Waals surface area (Å²) in [6, 6.07) is 17.9. The van der Waals surface area contributed by atoms with E-state index in [2.05, 4.69) is 0 Å². The molecule has 0 fully saturated rings. The lowest BCUT2D eigenvalue weighted by Gasteiger charge is -2.06. The van der Waals surface area contributed by atoms with Gasteiger partial charge in [-0.1, -0.05) is 54.6 Å². The van der Waals surface area contributed by atoms with E-state index in [0.29, 0.717) is 13.0 Å². The van der Waals surface area contributed by atoms with Gasteiger partial charge in [-0.2, -0.15) is 0 Å². The van der Waals surface area contributed by atoms with Gasteiger partial charge in [-0.25, -0.2) is 0 Å². The molecule has 0 bridgehead atoms. The molecule has 0 unspecified atom stereocenters. The van der Waals surface area contributed by atoms with E-state index in [-0.39, 0.29) is 6.42 Å². The van der Waals surface area contributed by atoms with E-state index in [1.54, 1.807) is 0 Å². The fourth-order valence-electron chi connectivity index (χ4n) is 2.04. The molecular formula is C19H20O3. The molecule has 0 saturated carbocycles. The molecule has 3 heteroatoms. The molecule has 0 heterocycles. The highest BCUT2D eigenvalue weighted by Gasteiger charge is 1.97. The number of ether oxygens (including phenoxy) is 1. The maximum Gasteiger partial charge on any atom is 0.303 e. The number of allylic oxidation sites excluding steroid dienone is 1. The van der Waals surface area contributed by atoms with E-state index in [1.807, 2.05) is 66.7 Å². The Bertz CT molecular complexity index is 618. The number of carboxylic acid groups (broad SMARTS) is 1. The third-order valence-electron chi connectivity index (χ3n) is 3.18. The minimum atomic E-state index is -0.746. The maximum atomic E-state index is 10.4. The van der Waals surface area contributed by atoms with Crippen LogP contribution in [0.5, 0.6) is 5.75 Å². The first kappa shape index (κ1) is 15.8. The van der Waals surface area contributed by atoms with Crippen LogP contribution in [0.1, 0.15) is 30.4 Å². The van der Waals surface area contributed by atoms with Crippen molar-refractivity contribution in [3.05, 3.63) is 71.8 Å². The fourth-order valence-corrected chi connectivity index (χ4v) is 2.04. The SMILES string of the molecule is O=C(O)CCC/C=C/c1cccc(OCc2ccccc2)c1. The molecule has 0 atom stereocenters. The molecule has 0 aliphatic heterocycles. The molecular weight excluding hydrogens is 276 g/mol. The molecule has 3 nitrogen and oxygen atoms in total. The molecule has 2 rings (SSSR count). The number of unbranched alkanes of at least 4 members (excludes halogenated alkanes) is 1. The first-order valence-corrected chi connectivity index (χ1v) is 7.39. The first-order chi connectivity index (χ1) is 10.7. The highest BCUT2D eigenvalue weighted by Crippen LogP contribution is 2.16. The number of rotatable bonds is 8. The second-order valence-electron chi connectivity index (χ2n) is 5.04. The molecule has 0 radical (unpaired) electrons. The van der Waals surface area contributed by atoms with Crippen molar-refractivity contribution in [2.75, 3.05) is 0 Å². The van der Waals surface area contributed by atoms with Crippen LogP contribution in [-0.2, 0) is 11.4 Å². The Balaban J connectivity index is 1.84. The van der Waals surface area contributed by atoms with E-state index < -0.39 is 5.97 Å². The molecule has 2 aromatic carbocycles. The average Bonchev–Trinajstić information content (AvgIpc) is 2.54. The predicted octanol–water partition coefficient (Wildman–Crippen LogP) is 4.53. The standard InChI is InChI=1S/C19H20O3/c20-19(21)13-6-2-3-8-16-11-7-12-18(14-16)22-15-17-9-4-1-5-10-17/h1,3-5,7-12,14H,2,6,13,15H2,(H,20,21)/b8-3+. The van der Waals surface area contributed by atoms with Crippen LogP contribution in [0.3, 0.4) is 0 Å². The Hall–Kier alpha value is -2.55. The van der Waals surface area contributed by atoms with E-state index in [0.717, 1.165) is 23.3 Å². The van der Waals surface area contributed by atoms with Crippen molar-refractivity contribution in [2.24, 2.45) is 0 Å². The van der Waals surface area contributed by atoms with Crippen molar-refractivity contribution in [3.8, 4) is 5.75 Å². The van der Waals surface area contributed by atoms with Gasteiger partial charge in [0, 0.05) is 6.42 Å². The van der Waals surface area contributed by atoms with Gasteiger partial charge < -0.3 is 9.84 Å². The summed E-state index contributed by atoms with van der Waals surface area (Å²) in [6.07, 6.45) is 5.64. The molecule has 0 amide bonds. The zero-order valence-corrected chi connectivity index (χ0v) is 12.4. The van der Waals surface area contributed by atoms with Crippen LogP contribution < -0.4 is 4.74 Å². The van der Waals surface area contributed by atoms with Crippen LogP contribution in [0.2, 0.25) is 0 Å². The van der Waals surface area contributed by atoms with Gasteiger partial charge in [0.25, 0.3) is 0 Å². The molecule has 0 aromatic heterocycles. The van der Waals surface area contributed by atoms with E-state index in [9.17, 15) is 4.79 Å². The zero-order valence-electron chi connectivity index (χ0n) is 12.4. The van der Waals surface area contributed by atoms with E-state index in [1.165, 1.54) is 0 Å². The van der Waals surface area contributed by atoms with Crippen molar-refractivity contribution in [1.29, 1.82) is 0 Å². The second-order valence-corrected chi connectivity index (χ2v) is 5.04. The number of benzene rings is 2. The van der Waals surface area contributed by atoms with Crippen LogP contribution in [0.4, 0.5) is 0 Å². The molecule has 0 aliphatic rings. The maximum absolute atomic E-state index is 10.4. The average molecular weight is 296 g/mol. The van der Waals surface area contributed by atoms with Crippen LogP contribution in [0, 0.1) is 0 Å². The Morgan fingerprint density at radius 2 is 1.91 bits per heavy atom. The lowest BCUT2D eigenvalue weighted by Crippen LogP contribution is -1.94. The topological polar surface area (TPSA) is 46.5 Å². The fraction of sp³-hybridized carbons (Fsp3) is 0.211. The summed E-state index contributed by atoms with van der Waals surface area (Å²) in [5.74, 6) is 0.0845. The second kappa shape index (κ2) is 8.67. The van der Waals surface area contributed by atoms with Crippen molar-refractivity contribution in [2.45, 2.75) is 25.9 Å². The van der Waals surface area contributed by atoms with Crippen LogP contribution in [0.25, 0.3) is 6.08 Å². The third kappa shape index (κ3) is 5.83. The summed E-state index contributed by atoms with van der Waals surface area (Å²) in [5, 5.41) is 8.58. The van der Waals surface area contributed by atoms with Crippen molar-refractivity contribution in [3.63, 3.8) is 0 Å². The van der Waals surface area contributed by atoms with Gasteiger partial charge >= 0.3 is 5.97 Å². The molecule has 2 aromatic rings. The van der Waals surface area contributed by atoms with Crippen molar-refractivity contribution < 1.29 is 14.6 Å². The Morgan fingerprint density at radius 1 is 1.09 bits per heavy atom. The van der Waals surface area contributed by atoms with Crippen molar-refractivity contribution in [1.82, 2.24) is 0 Å². The highest BCUT2D eigenvalue weighted by molar-refractivity contribution is 5.66. The predicted molar refractivity (Wildman–Crippen MR) is 87.7 cm³/mol. The first-order valence-electron chi connectivity index (χ1n) is 7.39. The zero-order chi connectivity index (χ0) is 15.6. The lowest BCUT2D eigenvalue weighted by atomic mass is 10.1. The normalized spacial score (nSPS) is 10.7. The minimum absolute atomic E-state index is 0.213. The summed E-state index contributed by atoms with van der Waals surface area (Å²) in [5.41, 5.74) is 2.19. The highest BCUT2D eigenvalue weighted by atomic mass is 16.5. The van der Waals surface area contributed by atoms with Gasteiger partial charge in [0.1, 0.15) is 12.4 Å². The molecule has 22 heavy (non-hydrogen) atoms. The van der Waals surface area contributed by atoms with Crippen LogP contribution >= 0.6 is 0 Å². The summed E-state index contributed by atoms with van der Waals surface area (Å²) < 4.78 is 5.78. The number of carboxylic acids is 1. The number of hydrogen-bond acceptors (Lipinski definition) is 2. The van der Waals surface area contributed by atoms with E-state index >= 15 is 0 Å². The van der Waals surface area contributed by atoms with Gasteiger partial charge in [0.05, 0.1) is 0 Å². The Labute approximate surface area is 130 Å². The molecule has 0 aliphatic carbocycles. The van der Waals surface area contributed by atoms with Gasteiger partial charge in [-0.3, -0.25) is 4.79 Å². The van der Waals surface area contributed by atoms with Crippen LogP contribution in [-0.4, -0.2) is 11.1 Å². The number of aliphatic carboxylic acids is 1. The quantitative estimate of drug-likeness (QED) is 0.728. The van der Waals surface area contributed by atoms with Gasteiger partial charge in [0.2, 0.25) is 0 Å². The number of hydrogen-bond donors (Lipinski definition) is 1. The lowest BCUT2D eigenvalue weighted by molar-refractivity contribution is -0.137. The molecule has 0 saturated heterocycles. The molecule has 114 valence electrons. The summed E-state index contributed by atoms with van der Waals surface area (Å²) >= 11 is 0. The third-order valence-corrected chi connectivity index (χ3v) is 3.18. The monoisotopic (exact) mass is 296 g/mol. The largest absolute Gasteiger partial charge is 0.489 e. The summed E-state index contributed by atoms with van der Waals surface area (Å²) in [4.78, 5) is 10.4. The molecule has 1 N–H and O–H groups in total. The van der Waals surface area contributed by atoms with Gasteiger partial charge in [0.15, 0.2) is 0 Å². The summed E-state index contributed by atoms with van der Waals surface area (Å²) in [6.45, 7) is 0.548.